The Kier molecular flexibility index (Phi) is 5.34. The van der Waals surface area contributed by atoms with E-state index in [-0.39, 0.29) is 18.0 Å². The van der Waals surface area contributed by atoms with Crippen LogP contribution in [-0.2, 0) is 30.6 Å². The van der Waals surface area contributed by atoms with Crippen molar-refractivity contribution < 1.29 is 19.3 Å². The number of methoxy groups -OCH3 is 1. The molecular formula is C21H25N5O5S. The molecule has 0 spiro atoms. The van der Waals surface area contributed by atoms with Crippen LogP contribution in [0.4, 0.5) is 17.5 Å². The first-order chi connectivity index (χ1) is 15.4. The molecule has 2 aliphatic heterocycles. The predicted octanol–water partition coefficient (Wildman–Crippen LogP) is 1.95. The fourth-order valence-corrected chi connectivity index (χ4v) is 5.94. The van der Waals surface area contributed by atoms with Gasteiger partial charge in [0.2, 0.25) is 10.8 Å². The quantitative estimate of drug-likeness (QED) is 0.377. The second-order valence-electron chi connectivity index (χ2n) is 8.59. The summed E-state index contributed by atoms with van der Waals surface area (Å²) in [7, 11) is 1.43. The summed E-state index contributed by atoms with van der Waals surface area (Å²) in [6.07, 6.45) is 3.98. The Balaban J connectivity index is 1.48. The number of nitro benzene ring substituents is 1. The summed E-state index contributed by atoms with van der Waals surface area (Å²) >= 11 is -1.15. The standard InChI is InChI=1S/C21H25N5O5S/c1-31-17-10-14-11-25(7-3-13(14)9-16(17)26(28)29)20-22-15-4-8-32(30)18(15)19(23-20)24-21(12-27)5-2-6-21/h9-10,27H,2-8,11-12H2,1H3,(H,22,23,24)/t32-/m1/s1. The molecule has 0 unspecified atom stereocenters. The summed E-state index contributed by atoms with van der Waals surface area (Å²) in [6, 6.07) is 3.31. The smallest absolute Gasteiger partial charge is 0.311 e. The number of aromatic nitrogens is 2. The van der Waals surface area contributed by atoms with Gasteiger partial charge < -0.3 is 24.6 Å². The SMILES string of the molecule is COc1cc2c(cc1[N+](=O)[O-])CCN(c1nc3c(c(NC4(CO)CCC4)n1)[S@+]([O-])CC3)C2. The molecule has 5 rings (SSSR count). The van der Waals surface area contributed by atoms with Gasteiger partial charge in [-0.15, -0.1) is 0 Å². The van der Waals surface area contributed by atoms with Gasteiger partial charge in [0.1, 0.15) is 11.4 Å². The molecule has 1 aromatic carbocycles. The second kappa shape index (κ2) is 8.05. The van der Waals surface area contributed by atoms with E-state index in [1.165, 1.54) is 7.11 Å². The van der Waals surface area contributed by atoms with Crippen LogP contribution in [-0.4, -0.2) is 56.1 Å². The van der Waals surface area contributed by atoms with Gasteiger partial charge in [-0.25, -0.2) is 4.98 Å². The van der Waals surface area contributed by atoms with Gasteiger partial charge in [0, 0.05) is 25.6 Å². The van der Waals surface area contributed by atoms with E-state index in [1.807, 2.05) is 4.90 Å². The molecule has 2 N–H and O–H groups in total. The number of fused-ring (bicyclic) bond motifs is 2. The number of aryl methyl sites for hydroxylation is 1. The molecule has 170 valence electrons. The van der Waals surface area contributed by atoms with Gasteiger partial charge in [-0.1, -0.05) is 0 Å². The lowest BCUT2D eigenvalue weighted by molar-refractivity contribution is -0.385. The molecule has 1 atom stereocenters. The van der Waals surface area contributed by atoms with Crippen LogP contribution in [0.2, 0.25) is 0 Å². The largest absolute Gasteiger partial charge is 0.611 e. The molecule has 3 aliphatic rings. The van der Waals surface area contributed by atoms with Crippen LogP contribution < -0.4 is 15.0 Å². The molecule has 32 heavy (non-hydrogen) atoms. The second-order valence-corrected chi connectivity index (χ2v) is 10.1. The fourth-order valence-electron chi connectivity index (χ4n) is 4.64. The Morgan fingerprint density at radius 2 is 2.12 bits per heavy atom. The van der Waals surface area contributed by atoms with E-state index in [0.29, 0.717) is 48.3 Å². The molecule has 10 nitrogen and oxygen atoms in total. The van der Waals surface area contributed by atoms with Crippen LogP contribution in [0, 0.1) is 10.1 Å². The minimum Gasteiger partial charge on any atom is -0.611 e. The van der Waals surface area contributed by atoms with Crippen molar-refractivity contribution in [2.24, 2.45) is 0 Å². The van der Waals surface area contributed by atoms with Gasteiger partial charge in [-0.2, -0.15) is 4.98 Å². The Morgan fingerprint density at radius 1 is 1.31 bits per heavy atom. The summed E-state index contributed by atoms with van der Waals surface area (Å²) in [5.41, 5.74) is 2.20. The molecule has 11 heteroatoms. The molecule has 3 heterocycles. The third kappa shape index (κ3) is 3.54. The third-order valence-corrected chi connectivity index (χ3v) is 8.12. The van der Waals surface area contributed by atoms with Crippen molar-refractivity contribution in [1.29, 1.82) is 0 Å². The minimum absolute atomic E-state index is 0.00338. The van der Waals surface area contributed by atoms with Crippen molar-refractivity contribution >= 4 is 28.6 Å². The summed E-state index contributed by atoms with van der Waals surface area (Å²) in [5, 5.41) is 24.6. The highest BCUT2D eigenvalue weighted by Gasteiger charge is 2.41. The zero-order chi connectivity index (χ0) is 22.5. The maximum Gasteiger partial charge on any atom is 0.311 e. The first-order valence-electron chi connectivity index (χ1n) is 10.7. The Labute approximate surface area is 188 Å². The molecule has 0 radical (unpaired) electrons. The number of nitrogens with one attached hydrogen (secondary N) is 1. The van der Waals surface area contributed by atoms with Gasteiger partial charge >= 0.3 is 5.69 Å². The Hall–Kier alpha value is -2.63. The first kappa shape index (κ1) is 21.2. The molecule has 0 amide bonds. The van der Waals surface area contributed by atoms with E-state index >= 15 is 0 Å². The number of nitrogens with zero attached hydrogens (tertiary/aromatic N) is 4. The summed E-state index contributed by atoms with van der Waals surface area (Å²) in [6.45, 7) is 1.11. The van der Waals surface area contributed by atoms with Crippen molar-refractivity contribution in [1.82, 2.24) is 9.97 Å². The number of nitro groups is 1. The fraction of sp³-hybridized carbons (Fsp3) is 0.524. The lowest BCUT2D eigenvalue weighted by Gasteiger charge is -2.41. The molecule has 0 saturated heterocycles. The molecular weight excluding hydrogens is 434 g/mol. The molecule has 0 bridgehead atoms. The van der Waals surface area contributed by atoms with E-state index in [2.05, 4.69) is 5.32 Å². The number of aliphatic hydroxyl groups excluding tert-OH is 1. The van der Waals surface area contributed by atoms with Gasteiger partial charge in [0.05, 0.1) is 24.2 Å². The Bertz CT molecular complexity index is 1070. The molecule has 1 aromatic heterocycles. The molecule has 2 aromatic rings. The van der Waals surface area contributed by atoms with Crippen molar-refractivity contribution in [3.05, 3.63) is 39.1 Å². The maximum absolute atomic E-state index is 12.6. The minimum atomic E-state index is -1.15. The average molecular weight is 460 g/mol. The summed E-state index contributed by atoms with van der Waals surface area (Å²) in [5.74, 6) is 1.86. The number of aliphatic hydroxyl groups is 1. The normalized spacial score (nSPS) is 20.8. The number of benzene rings is 1. The van der Waals surface area contributed by atoms with Crippen molar-refractivity contribution in [2.75, 3.05) is 36.2 Å². The van der Waals surface area contributed by atoms with E-state index in [4.69, 9.17) is 14.7 Å². The topological polar surface area (TPSA) is 137 Å². The van der Waals surface area contributed by atoms with E-state index in [0.717, 1.165) is 36.1 Å². The van der Waals surface area contributed by atoms with Gasteiger partial charge in [0.25, 0.3) is 0 Å². The number of hydrogen-bond acceptors (Lipinski definition) is 9. The Morgan fingerprint density at radius 3 is 2.78 bits per heavy atom. The zero-order valence-corrected chi connectivity index (χ0v) is 18.6. The number of anilines is 2. The number of rotatable bonds is 6. The van der Waals surface area contributed by atoms with E-state index in [9.17, 15) is 19.8 Å². The maximum atomic E-state index is 12.6. The summed E-state index contributed by atoms with van der Waals surface area (Å²) < 4.78 is 17.9. The van der Waals surface area contributed by atoms with E-state index < -0.39 is 21.6 Å². The first-order valence-corrected chi connectivity index (χ1v) is 12.0. The zero-order valence-electron chi connectivity index (χ0n) is 17.8. The summed E-state index contributed by atoms with van der Waals surface area (Å²) in [4.78, 5) is 23.1. The third-order valence-electron chi connectivity index (χ3n) is 6.67. The number of ether oxygens (including phenoxy) is 1. The molecule has 1 saturated carbocycles. The van der Waals surface area contributed by atoms with Gasteiger partial charge in [-0.3, -0.25) is 10.1 Å². The lowest BCUT2D eigenvalue weighted by Crippen LogP contribution is -2.49. The van der Waals surface area contributed by atoms with Crippen LogP contribution >= 0.6 is 0 Å². The van der Waals surface area contributed by atoms with Crippen LogP contribution in [0.25, 0.3) is 0 Å². The van der Waals surface area contributed by atoms with Crippen LogP contribution in [0.3, 0.4) is 0 Å². The van der Waals surface area contributed by atoms with Gasteiger partial charge in [0.15, 0.2) is 11.6 Å². The average Bonchev–Trinajstić information content (AvgIpc) is 3.15. The predicted molar refractivity (Wildman–Crippen MR) is 119 cm³/mol. The number of hydrogen-bond donors (Lipinski definition) is 2. The van der Waals surface area contributed by atoms with Crippen molar-refractivity contribution in [3.63, 3.8) is 0 Å². The van der Waals surface area contributed by atoms with Crippen molar-refractivity contribution in [3.8, 4) is 5.75 Å². The lowest BCUT2D eigenvalue weighted by atomic mass is 9.77. The highest BCUT2D eigenvalue weighted by molar-refractivity contribution is 7.91. The monoisotopic (exact) mass is 459 g/mol. The van der Waals surface area contributed by atoms with E-state index in [1.54, 1.807) is 12.1 Å². The molecule has 1 aliphatic carbocycles. The highest BCUT2D eigenvalue weighted by Crippen LogP contribution is 2.40. The highest BCUT2D eigenvalue weighted by atomic mass is 32.2. The van der Waals surface area contributed by atoms with Crippen LogP contribution in [0.1, 0.15) is 36.1 Å². The molecule has 1 fully saturated rings. The van der Waals surface area contributed by atoms with Crippen LogP contribution in [0.15, 0.2) is 17.0 Å². The van der Waals surface area contributed by atoms with Crippen LogP contribution in [0.5, 0.6) is 5.75 Å². The van der Waals surface area contributed by atoms with Gasteiger partial charge in [-0.05, 0) is 54.1 Å². The van der Waals surface area contributed by atoms with Crippen molar-refractivity contribution in [2.45, 2.75) is 49.1 Å².